The van der Waals surface area contributed by atoms with Crippen LogP contribution < -0.4 is 0 Å². The van der Waals surface area contributed by atoms with Crippen LogP contribution in [0.4, 0.5) is 0 Å². The molecule has 0 unspecified atom stereocenters. The maximum absolute atomic E-state index is 6.44. The van der Waals surface area contributed by atoms with Crippen LogP contribution >= 0.6 is 11.3 Å². The van der Waals surface area contributed by atoms with Crippen LogP contribution in [-0.2, 0) is 0 Å². The molecule has 0 aliphatic rings. The third-order valence-electron chi connectivity index (χ3n) is 10.5. The molecule has 0 amide bonds. The quantitative estimate of drug-likeness (QED) is 0.100. The van der Waals surface area contributed by atoms with Crippen LogP contribution in [0.1, 0.15) is 71.0 Å². The van der Waals surface area contributed by atoms with Gasteiger partial charge in [-0.25, -0.2) is 4.99 Å². The number of rotatable bonds is 10. The molecule has 8 aromatic rings. The van der Waals surface area contributed by atoms with E-state index in [0.717, 1.165) is 78.2 Å². The molecule has 8 rings (SSSR count). The van der Waals surface area contributed by atoms with Gasteiger partial charge >= 0.3 is 0 Å². The molecule has 0 radical (unpaired) electrons. The van der Waals surface area contributed by atoms with E-state index in [0.29, 0.717) is 0 Å². The molecule has 0 aliphatic carbocycles. The van der Waals surface area contributed by atoms with Crippen molar-refractivity contribution >= 4 is 70.6 Å². The zero-order valence-corrected chi connectivity index (χ0v) is 35.4. The molecule has 0 saturated carbocycles. The highest BCUT2D eigenvalue weighted by Gasteiger charge is 2.20. The van der Waals surface area contributed by atoms with Crippen LogP contribution in [0.3, 0.4) is 0 Å². The van der Waals surface area contributed by atoms with Gasteiger partial charge in [0, 0.05) is 42.2 Å². The summed E-state index contributed by atoms with van der Waals surface area (Å²) in [6.45, 7) is 22.8. The minimum absolute atomic E-state index is 0.798. The smallest absolute Gasteiger partial charge is 0.157 e. The van der Waals surface area contributed by atoms with E-state index in [1.54, 1.807) is 0 Å². The molecular weight excluding hydrogens is 735 g/mol. The number of para-hydroxylation sites is 1. The topological polar surface area (TPSA) is 25.5 Å². The van der Waals surface area contributed by atoms with Gasteiger partial charge in [0.05, 0.1) is 5.70 Å². The summed E-state index contributed by atoms with van der Waals surface area (Å²) < 4.78 is 8.97. The number of benzene rings is 6. The van der Waals surface area contributed by atoms with E-state index in [9.17, 15) is 0 Å². The van der Waals surface area contributed by atoms with Gasteiger partial charge < -0.3 is 4.42 Å². The van der Waals surface area contributed by atoms with Crippen LogP contribution in [0.5, 0.6) is 0 Å². The molecule has 3 heteroatoms. The first-order chi connectivity index (χ1) is 28.7. The Morgan fingerprint density at radius 3 is 2.00 bits per heavy atom. The maximum atomic E-state index is 6.44. The first-order valence-electron chi connectivity index (χ1n) is 19.9. The van der Waals surface area contributed by atoms with Crippen LogP contribution in [-0.4, -0.2) is 5.71 Å². The van der Waals surface area contributed by atoms with Gasteiger partial charge in [0.15, 0.2) is 5.76 Å². The average Bonchev–Trinajstić information content (AvgIpc) is 3.82. The third-order valence-corrected chi connectivity index (χ3v) is 11.8. The predicted octanol–water partition coefficient (Wildman–Crippen LogP) is 16.2. The summed E-state index contributed by atoms with van der Waals surface area (Å²) in [5.41, 5.74) is 14.7. The zero-order valence-electron chi connectivity index (χ0n) is 34.6. The first kappa shape index (κ1) is 40.4. The largest absolute Gasteiger partial charge is 0.454 e. The molecule has 0 fully saturated rings. The second kappa shape index (κ2) is 18.2. The third kappa shape index (κ3) is 8.72. The lowest BCUT2D eigenvalue weighted by atomic mass is 9.93. The minimum Gasteiger partial charge on any atom is -0.454 e. The Hall–Kier alpha value is -6.81. The van der Waals surface area contributed by atoms with Crippen molar-refractivity contribution in [1.82, 2.24) is 0 Å². The summed E-state index contributed by atoms with van der Waals surface area (Å²) in [7, 11) is 0. The molecule has 0 atom stereocenters. The second-order valence-corrected chi connectivity index (χ2v) is 15.7. The SMILES string of the molecule is C=C(/C=C\C=C/C)c1cccc(C(=C)c2ccccc2C)c1.C=C(C)c1ccc(C(=N/C(=C\C)c2cccc3c2sc2ccccc23)c2oc3ccccc3c2C)cc1. The molecule has 0 saturated heterocycles. The summed E-state index contributed by atoms with van der Waals surface area (Å²) in [5, 5.41) is 3.66. The van der Waals surface area contributed by atoms with E-state index in [2.05, 4.69) is 168 Å². The molecule has 6 aromatic carbocycles. The number of fused-ring (bicyclic) bond motifs is 4. The van der Waals surface area contributed by atoms with E-state index in [1.165, 1.54) is 31.3 Å². The fraction of sp³-hybridized carbons (Fsp3) is 0.0893. The predicted molar refractivity (Wildman–Crippen MR) is 259 cm³/mol. The van der Waals surface area contributed by atoms with Crippen LogP contribution in [0.25, 0.3) is 53.6 Å². The summed E-state index contributed by atoms with van der Waals surface area (Å²) in [5.74, 6) is 0.798. The van der Waals surface area contributed by atoms with Gasteiger partial charge in [-0.2, -0.15) is 0 Å². The fourth-order valence-corrected chi connectivity index (χ4v) is 8.49. The lowest BCUT2D eigenvalue weighted by Crippen LogP contribution is -2.05. The van der Waals surface area contributed by atoms with Gasteiger partial charge in [0.1, 0.15) is 11.3 Å². The number of allylic oxidation sites excluding steroid dienone is 7. The number of thiophene rings is 1. The molecule has 2 nitrogen and oxygen atoms in total. The molecule has 0 N–H and O–H groups in total. The van der Waals surface area contributed by atoms with E-state index >= 15 is 0 Å². The van der Waals surface area contributed by atoms with Crippen molar-refractivity contribution in [2.45, 2.75) is 34.6 Å². The molecule has 2 aromatic heterocycles. The van der Waals surface area contributed by atoms with Crippen molar-refractivity contribution in [2.24, 2.45) is 4.99 Å². The van der Waals surface area contributed by atoms with Crippen molar-refractivity contribution in [3.8, 4) is 0 Å². The van der Waals surface area contributed by atoms with Crippen molar-refractivity contribution in [3.05, 3.63) is 240 Å². The summed E-state index contributed by atoms with van der Waals surface area (Å²) in [6.07, 6.45) is 10.1. The Morgan fingerprint density at radius 2 is 1.27 bits per heavy atom. The summed E-state index contributed by atoms with van der Waals surface area (Å²) in [6, 6.07) is 48.4. The molecule has 0 bridgehead atoms. The van der Waals surface area contributed by atoms with E-state index in [1.807, 2.05) is 67.7 Å². The van der Waals surface area contributed by atoms with E-state index < -0.39 is 0 Å². The molecular formula is C56H49NOS. The fourth-order valence-electron chi connectivity index (χ4n) is 7.26. The van der Waals surface area contributed by atoms with E-state index in [4.69, 9.17) is 9.41 Å². The first-order valence-corrected chi connectivity index (χ1v) is 20.7. The van der Waals surface area contributed by atoms with Crippen LogP contribution in [0.2, 0.25) is 0 Å². The summed E-state index contributed by atoms with van der Waals surface area (Å²) in [4.78, 5) is 5.32. The van der Waals surface area contributed by atoms with Gasteiger partial charge in [0.25, 0.3) is 0 Å². The number of hydrogen-bond acceptors (Lipinski definition) is 3. The summed E-state index contributed by atoms with van der Waals surface area (Å²) >= 11 is 1.82. The van der Waals surface area contributed by atoms with Crippen LogP contribution in [0, 0.1) is 13.8 Å². The van der Waals surface area contributed by atoms with Crippen LogP contribution in [0.15, 0.2) is 199 Å². The minimum atomic E-state index is 0.798. The second-order valence-electron chi connectivity index (χ2n) is 14.6. The van der Waals surface area contributed by atoms with Gasteiger partial charge in [-0.15, -0.1) is 11.3 Å². The molecule has 2 heterocycles. The van der Waals surface area contributed by atoms with Crippen molar-refractivity contribution in [2.75, 3.05) is 0 Å². The monoisotopic (exact) mass is 783 g/mol. The average molecular weight is 784 g/mol. The lowest BCUT2D eigenvalue weighted by molar-refractivity contribution is 0.602. The number of hydrogen-bond donors (Lipinski definition) is 0. The normalized spacial score (nSPS) is 12.1. The van der Waals surface area contributed by atoms with Gasteiger partial charge in [-0.3, -0.25) is 0 Å². The molecule has 59 heavy (non-hydrogen) atoms. The highest BCUT2D eigenvalue weighted by Crippen LogP contribution is 2.39. The highest BCUT2D eigenvalue weighted by molar-refractivity contribution is 7.26. The van der Waals surface area contributed by atoms with Crippen molar-refractivity contribution in [1.29, 1.82) is 0 Å². The Kier molecular flexibility index (Phi) is 12.5. The standard InChI is InChI=1S/C34H27NOS.C22H22/c1-5-29(28-14-10-13-27-26-12-7-9-16-31(26)37-34(27)28)35-32(24-19-17-23(18-20-24)21(2)3)33-22(4)25-11-6-8-15-30(25)36-33;1-5-6-7-11-17(2)20-13-10-14-21(16-20)19(4)22-15-9-8-12-18(22)3/h5-20H,2H2,1,3-4H3;5-16H,2,4H2,1,3H3/b29-5-,35-32?;6-5-,11-7-. The number of nitrogens with zero attached hydrogens (tertiary/aromatic N) is 1. The highest BCUT2D eigenvalue weighted by atomic mass is 32.1. The number of aryl methyl sites for hydroxylation is 2. The molecule has 0 spiro atoms. The van der Waals surface area contributed by atoms with Gasteiger partial charge in [-0.1, -0.05) is 177 Å². The Labute approximate surface area is 352 Å². The number of aliphatic imine (C=N–C) groups is 1. The van der Waals surface area contributed by atoms with Crippen molar-refractivity contribution in [3.63, 3.8) is 0 Å². The Morgan fingerprint density at radius 1 is 0.627 bits per heavy atom. The van der Waals surface area contributed by atoms with E-state index in [-0.39, 0.29) is 0 Å². The van der Waals surface area contributed by atoms with Crippen molar-refractivity contribution < 1.29 is 4.42 Å². The zero-order chi connectivity index (χ0) is 41.5. The van der Waals surface area contributed by atoms with Gasteiger partial charge in [-0.05, 0) is 91.8 Å². The molecule has 290 valence electrons. The van der Waals surface area contributed by atoms with Gasteiger partial charge in [0.2, 0.25) is 0 Å². The molecule has 0 aliphatic heterocycles. The number of furan rings is 1. The Bertz CT molecular complexity index is 2980. The lowest BCUT2D eigenvalue weighted by Gasteiger charge is -2.11. The maximum Gasteiger partial charge on any atom is 0.157 e. The Balaban J connectivity index is 0.000000206.